The first-order chi connectivity index (χ1) is 13.1. The molecule has 0 bridgehead atoms. The van der Waals surface area contributed by atoms with Crippen LogP contribution < -0.4 is 15.8 Å². The molecule has 1 atom stereocenters. The van der Waals surface area contributed by atoms with E-state index in [4.69, 9.17) is 20.3 Å². The number of halogens is 1. The average Bonchev–Trinajstić information content (AvgIpc) is 2.58. The number of hydrogen-bond acceptors (Lipinski definition) is 5. The molecule has 0 fully saturated rings. The summed E-state index contributed by atoms with van der Waals surface area (Å²) in [4.78, 5) is 23.1. The second-order valence-corrected chi connectivity index (χ2v) is 7.57. The van der Waals surface area contributed by atoms with E-state index in [-0.39, 0.29) is 31.8 Å². The number of aliphatic hydroxyl groups excluding tert-OH is 1. The van der Waals surface area contributed by atoms with Gasteiger partial charge in [0.2, 0.25) is 5.91 Å². The van der Waals surface area contributed by atoms with Crippen molar-refractivity contribution in [3.63, 3.8) is 0 Å². The highest BCUT2D eigenvalue weighted by atomic mass is 19.1. The molecule has 0 spiro atoms. The molecule has 8 heteroatoms. The number of primary amides is 1. The fraction of sp³-hybridized carbons (Fsp3) is 0.600. The number of alkyl carbamates (subject to hydrolysis) is 1. The number of hydrogen-bond donors (Lipinski definition) is 3. The highest BCUT2D eigenvalue weighted by Crippen LogP contribution is 2.22. The lowest BCUT2D eigenvalue weighted by Gasteiger charge is -2.24. The van der Waals surface area contributed by atoms with Gasteiger partial charge in [-0.2, -0.15) is 0 Å². The van der Waals surface area contributed by atoms with Gasteiger partial charge in [0, 0.05) is 13.0 Å². The molecule has 0 heterocycles. The normalized spacial score (nSPS) is 12.3. The molecule has 0 aliphatic carbocycles. The zero-order valence-corrected chi connectivity index (χ0v) is 16.8. The van der Waals surface area contributed by atoms with E-state index in [0.29, 0.717) is 24.8 Å². The van der Waals surface area contributed by atoms with Gasteiger partial charge in [0.15, 0.2) is 11.6 Å². The summed E-state index contributed by atoms with van der Waals surface area (Å²) in [6.45, 7) is 5.23. The molecule has 1 aromatic carbocycles. The number of ether oxygens (including phenoxy) is 2. The number of carbonyl (C=O) groups is 2. The monoisotopic (exact) mass is 398 g/mol. The Labute approximate surface area is 165 Å². The molecule has 7 nitrogen and oxygen atoms in total. The fourth-order valence-corrected chi connectivity index (χ4v) is 2.47. The summed E-state index contributed by atoms with van der Waals surface area (Å²) in [6.07, 6.45) is 1.39. The SMILES string of the molecule is CC(C)(C)OC(=O)NC(CCC(N)=O)COc1cccc(CCCCO)c1F. The number of amides is 2. The van der Waals surface area contributed by atoms with Crippen molar-refractivity contribution in [1.29, 1.82) is 0 Å². The third kappa shape index (κ3) is 9.55. The largest absolute Gasteiger partial charge is 0.488 e. The average molecular weight is 398 g/mol. The van der Waals surface area contributed by atoms with Gasteiger partial charge in [-0.3, -0.25) is 4.79 Å². The van der Waals surface area contributed by atoms with Crippen LogP contribution in [0.1, 0.15) is 52.0 Å². The summed E-state index contributed by atoms with van der Waals surface area (Å²) in [7, 11) is 0. The van der Waals surface area contributed by atoms with Crippen LogP contribution >= 0.6 is 0 Å². The van der Waals surface area contributed by atoms with Crippen molar-refractivity contribution in [1.82, 2.24) is 5.32 Å². The van der Waals surface area contributed by atoms with E-state index in [0.717, 1.165) is 0 Å². The van der Waals surface area contributed by atoms with E-state index < -0.39 is 29.5 Å². The first kappa shape index (κ1) is 23.7. The summed E-state index contributed by atoms with van der Waals surface area (Å²) in [5, 5.41) is 11.5. The Balaban J connectivity index is 2.74. The molecule has 1 unspecified atom stereocenters. The van der Waals surface area contributed by atoms with Gasteiger partial charge in [0.1, 0.15) is 12.2 Å². The van der Waals surface area contributed by atoms with Crippen LogP contribution in [0.3, 0.4) is 0 Å². The Morgan fingerprint density at radius 1 is 1.29 bits per heavy atom. The second kappa shape index (κ2) is 11.5. The van der Waals surface area contributed by atoms with Gasteiger partial charge >= 0.3 is 6.09 Å². The minimum atomic E-state index is -0.672. The van der Waals surface area contributed by atoms with E-state index in [1.54, 1.807) is 32.9 Å². The van der Waals surface area contributed by atoms with Crippen LogP contribution in [-0.2, 0) is 16.0 Å². The highest BCUT2D eigenvalue weighted by molar-refractivity contribution is 5.74. The Hall–Kier alpha value is -2.35. The molecular weight excluding hydrogens is 367 g/mol. The van der Waals surface area contributed by atoms with Crippen LogP contribution in [0.15, 0.2) is 18.2 Å². The number of nitrogens with one attached hydrogen (secondary N) is 1. The van der Waals surface area contributed by atoms with Gasteiger partial charge in [0.25, 0.3) is 0 Å². The van der Waals surface area contributed by atoms with E-state index in [1.165, 1.54) is 6.07 Å². The maximum Gasteiger partial charge on any atom is 0.407 e. The van der Waals surface area contributed by atoms with Crippen LogP contribution in [0.2, 0.25) is 0 Å². The predicted molar refractivity (Wildman–Crippen MR) is 104 cm³/mol. The molecule has 0 aliphatic heterocycles. The van der Waals surface area contributed by atoms with Crippen molar-refractivity contribution in [3.8, 4) is 5.75 Å². The zero-order chi connectivity index (χ0) is 21.2. The van der Waals surface area contributed by atoms with Crippen molar-refractivity contribution in [3.05, 3.63) is 29.6 Å². The Bertz CT molecular complexity index is 646. The fourth-order valence-electron chi connectivity index (χ4n) is 2.47. The molecule has 0 saturated heterocycles. The van der Waals surface area contributed by atoms with Crippen molar-refractivity contribution in [2.45, 2.75) is 64.5 Å². The molecule has 0 radical (unpaired) electrons. The molecule has 4 N–H and O–H groups in total. The lowest BCUT2D eigenvalue weighted by atomic mass is 10.1. The van der Waals surface area contributed by atoms with Crippen LogP contribution in [0, 0.1) is 5.82 Å². The number of unbranched alkanes of at least 4 members (excludes halogenated alkanes) is 1. The van der Waals surface area contributed by atoms with Gasteiger partial charge in [-0.15, -0.1) is 0 Å². The molecule has 2 amide bonds. The summed E-state index contributed by atoms with van der Waals surface area (Å²) in [5.74, 6) is -0.907. The lowest BCUT2D eigenvalue weighted by Crippen LogP contribution is -2.42. The van der Waals surface area contributed by atoms with Crippen molar-refractivity contribution in [2.75, 3.05) is 13.2 Å². The van der Waals surface area contributed by atoms with Crippen LogP contribution in [0.4, 0.5) is 9.18 Å². The number of benzene rings is 1. The number of aliphatic hydroxyl groups is 1. The number of aryl methyl sites for hydroxylation is 1. The topological polar surface area (TPSA) is 111 Å². The molecule has 0 aromatic heterocycles. The smallest absolute Gasteiger partial charge is 0.407 e. The molecule has 158 valence electrons. The maximum atomic E-state index is 14.6. The second-order valence-electron chi connectivity index (χ2n) is 7.57. The van der Waals surface area contributed by atoms with E-state index in [2.05, 4.69) is 5.32 Å². The molecule has 1 rings (SSSR count). The van der Waals surface area contributed by atoms with Gasteiger partial charge in [0.05, 0.1) is 6.04 Å². The van der Waals surface area contributed by atoms with E-state index >= 15 is 0 Å². The quantitative estimate of drug-likeness (QED) is 0.496. The number of nitrogens with two attached hydrogens (primary N) is 1. The lowest BCUT2D eigenvalue weighted by molar-refractivity contribution is -0.118. The molecular formula is C20H31FN2O5. The van der Waals surface area contributed by atoms with Gasteiger partial charge < -0.3 is 25.6 Å². The Kier molecular flexibility index (Phi) is 9.72. The third-order valence-corrected chi connectivity index (χ3v) is 3.80. The standard InChI is InChI=1S/C20H31FN2O5/c1-20(2,3)28-19(26)23-15(10-11-17(22)25)13-27-16-9-6-8-14(18(16)21)7-4-5-12-24/h6,8-9,15,24H,4-5,7,10-13H2,1-3H3,(H2,22,25)(H,23,26). The summed E-state index contributed by atoms with van der Waals surface area (Å²) >= 11 is 0. The number of rotatable bonds is 11. The summed E-state index contributed by atoms with van der Waals surface area (Å²) in [5.41, 5.74) is 5.01. The Morgan fingerprint density at radius 3 is 2.61 bits per heavy atom. The first-order valence-electron chi connectivity index (χ1n) is 9.41. The summed E-state index contributed by atoms with van der Waals surface area (Å²) < 4.78 is 25.3. The predicted octanol–water partition coefficient (Wildman–Crippen LogP) is 2.68. The van der Waals surface area contributed by atoms with Gasteiger partial charge in [-0.25, -0.2) is 9.18 Å². The number of carbonyl (C=O) groups excluding carboxylic acids is 2. The third-order valence-electron chi connectivity index (χ3n) is 3.80. The minimum absolute atomic E-state index is 0.0382. The van der Waals surface area contributed by atoms with Gasteiger partial charge in [-0.05, 0) is 58.1 Å². The van der Waals surface area contributed by atoms with Gasteiger partial charge in [-0.1, -0.05) is 12.1 Å². The van der Waals surface area contributed by atoms with Crippen molar-refractivity contribution >= 4 is 12.0 Å². The van der Waals surface area contributed by atoms with Crippen molar-refractivity contribution < 1.29 is 28.6 Å². The van der Waals surface area contributed by atoms with Crippen LogP contribution in [0.5, 0.6) is 5.75 Å². The molecule has 28 heavy (non-hydrogen) atoms. The van der Waals surface area contributed by atoms with E-state index in [1.807, 2.05) is 0 Å². The maximum absolute atomic E-state index is 14.6. The summed E-state index contributed by atoms with van der Waals surface area (Å²) in [6, 6.07) is 4.29. The van der Waals surface area contributed by atoms with Crippen LogP contribution in [-0.4, -0.2) is 42.0 Å². The Morgan fingerprint density at radius 2 is 2.00 bits per heavy atom. The first-order valence-corrected chi connectivity index (χ1v) is 9.41. The minimum Gasteiger partial charge on any atom is -0.488 e. The molecule has 0 saturated carbocycles. The van der Waals surface area contributed by atoms with E-state index in [9.17, 15) is 14.0 Å². The molecule has 0 aliphatic rings. The highest BCUT2D eigenvalue weighted by Gasteiger charge is 2.21. The van der Waals surface area contributed by atoms with Crippen molar-refractivity contribution in [2.24, 2.45) is 5.73 Å². The zero-order valence-electron chi connectivity index (χ0n) is 16.8. The molecule has 1 aromatic rings. The van der Waals surface area contributed by atoms with Crippen LogP contribution in [0.25, 0.3) is 0 Å².